The van der Waals surface area contributed by atoms with Gasteiger partial charge in [-0.25, -0.2) is 0 Å². The molecule has 0 amide bonds. The van der Waals surface area contributed by atoms with E-state index in [0.717, 1.165) is 63.7 Å². The SMILES string of the molecule is CCCCCCCCCCCCCCCCCCCCCC(=O)OC[C@H](COC(=O)CCCCCCCCCCCCC)OC(=O)CCCCCCCCCC(C)C. The highest BCUT2D eigenvalue weighted by molar-refractivity contribution is 5.71. The molecule has 0 aromatic carbocycles. The van der Waals surface area contributed by atoms with Crippen LogP contribution in [-0.4, -0.2) is 37.2 Å². The fraction of sp³-hybridized carbons (Fsp3) is 0.942. The molecule has 0 N–H and O–H groups in total. The first-order valence-electron chi connectivity index (χ1n) is 25.9. The van der Waals surface area contributed by atoms with Gasteiger partial charge in [-0.2, -0.15) is 0 Å². The lowest BCUT2D eigenvalue weighted by Crippen LogP contribution is -2.30. The molecule has 0 aliphatic heterocycles. The fourth-order valence-corrected chi connectivity index (χ4v) is 7.86. The monoisotopic (exact) mass is 821 g/mol. The average Bonchev–Trinajstić information content (AvgIpc) is 3.21. The lowest BCUT2D eigenvalue weighted by Gasteiger charge is -2.18. The quantitative estimate of drug-likeness (QED) is 0.0346. The summed E-state index contributed by atoms with van der Waals surface area (Å²) in [7, 11) is 0. The van der Waals surface area contributed by atoms with E-state index in [-0.39, 0.29) is 31.1 Å². The predicted octanol–water partition coefficient (Wildman–Crippen LogP) is 16.7. The minimum atomic E-state index is -0.760. The van der Waals surface area contributed by atoms with Crippen molar-refractivity contribution in [2.75, 3.05) is 13.2 Å². The van der Waals surface area contributed by atoms with Crippen molar-refractivity contribution in [1.82, 2.24) is 0 Å². The van der Waals surface area contributed by atoms with Crippen LogP contribution >= 0.6 is 0 Å². The molecule has 0 spiro atoms. The summed E-state index contributed by atoms with van der Waals surface area (Å²) in [4.78, 5) is 37.8. The maximum Gasteiger partial charge on any atom is 0.306 e. The smallest absolute Gasteiger partial charge is 0.306 e. The number of carbonyl (C=O) groups is 3. The second-order valence-corrected chi connectivity index (χ2v) is 18.3. The second kappa shape index (κ2) is 46.5. The summed E-state index contributed by atoms with van der Waals surface area (Å²) in [6.07, 6.45) is 48.2. The molecule has 0 fully saturated rings. The third kappa shape index (κ3) is 45.5. The first kappa shape index (κ1) is 56.4. The van der Waals surface area contributed by atoms with Crippen molar-refractivity contribution in [2.24, 2.45) is 5.92 Å². The van der Waals surface area contributed by atoms with Gasteiger partial charge in [0.15, 0.2) is 6.10 Å². The highest BCUT2D eigenvalue weighted by Crippen LogP contribution is 2.17. The molecular formula is C52H100O6. The Kier molecular flexibility index (Phi) is 45.2. The normalized spacial score (nSPS) is 11.9. The highest BCUT2D eigenvalue weighted by Gasteiger charge is 2.19. The van der Waals surface area contributed by atoms with Gasteiger partial charge in [0.2, 0.25) is 0 Å². The van der Waals surface area contributed by atoms with E-state index in [0.29, 0.717) is 19.3 Å². The van der Waals surface area contributed by atoms with Crippen LogP contribution in [0.1, 0.15) is 291 Å². The van der Waals surface area contributed by atoms with E-state index in [1.54, 1.807) is 0 Å². The lowest BCUT2D eigenvalue weighted by molar-refractivity contribution is -0.167. The summed E-state index contributed by atoms with van der Waals surface area (Å²) in [5.74, 6) is -0.0720. The Morgan fingerprint density at radius 2 is 0.569 bits per heavy atom. The van der Waals surface area contributed by atoms with E-state index in [1.807, 2.05) is 0 Å². The molecule has 0 unspecified atom stereocenters. The van der Waals surface area contributed by atoms with Crippen LogP contribution in [-0.2, 0) is 28.6 Å². The molecule has 0 saturated heterocycles. The van der Waals surface area contributed by atoms with Crippen molar-refractivity contribution in [3.63, 3.8) is 0 Å². The first-order chi connectivity index (χ1) is 28.4. The maximum absolute atomic E-state index is 12.7. The Labute approximate surface area is 361 Å². The molecule has 0 aromatic heterocycles. The molecule has 6 heteroatoms. The van der Waals surface area contributed by atoms with Crippen LogP contribution in [0, 0.1) is 5.92 Å². The van der Waals surface area contributed by atoms with Gasteiger partial charge in [0, 0.05) is 19.3 Å². The van der Waals surface area contributed by atoms with Gasteiger partial charge < -0.3 is 14.2 Å². The largest absolute Gasteiger partial charge is 0.462 e. The van der Waals surface area contributed by atoms with E-state index in [9.17, 15) is 14.4 Å². The fourth-order valence-electron chi connectivity index (χ4n) is 7.86. The molecule has 0 aliphatic carbocycles. The summed E-state index contributed by atoms with van der Waals surface area (Å²) < 4.78 is 16.8. The maximum atomic E-state index is 12.7. The van der Waals surface area contributed by atoms with E-state index in [4.69, 9.17) is 14.2 Å². The Bertz CT molecular complexity index is 872. The Hall–Kier alpha value is -1.59. The number of hydrogen-bond acceptors (Lipinski definition) is 6. The van der Waals surface area contributed by atoms with Crippen molar-refractivity contribution in [2.45, 2.75) is 297 Å². The van der Waals surface area contributed by atoms with Crippen LogP contribution in [0.15, 0.2) is 0 Å². The zero-order chi connectivity index (χ0) is 42.4. The Balaban J connectivity index is 4.21. The summed E-state index contributed by atoms with van der Waals surface area (Å²) in [5, 5.41) is 0. The summed E-state index contributed by atoms with van der Waals surface area (Å²) in [6.45, 7) is 8.97. The second-order valence-electron chi connectivity index (χ2n) is 18.3. The molecule has 344 valence electrons. The van der Waals surface area contributed by atoms with E-state index in [2.05, 4.69) is 27.7 Å². The zero-order valence-electron chi connectivity index (χ0n) is 39.5. The Morgan fingerprint density at radius 3 is 0.845 bits per heavy atom. The number of carbonyl (C=O) groups excluding carboxylic acids is 3. The van der Waals surface area contributed by atoms with Crippen LogP contribution in [0.25, 0.3) is 0 Å². The highest BCUT2D eigenvalue weighted by atomic mass is 16.6. The van der Waals surface area contributed by atoms with Gasteiger partial charge >= 0.3 is 17.9 Å². The molecule has 0 aromatic rings. The topological polar surface area (TPSA) is 78.9 Å². The van der Waals surface area contributed by atoms with Crippen LogP contribution in [0.2, 0.25) is 0 Å². The molecule has 0 bridgehead atoms. The minimum Gasteiger partial charge on any atom is -0.462 e. The number of ether oxygens (including phenoxy) is 3. The molecular weight excluding hydrogens is 721 g/mol. The van der Waals surface area contributed by atoms with Gasteiger partial charge in [-0.1, -0.05) is 252 Å². The van der Waals surface area contributed by atoms with Crippen LogP contribution < -0.4 is 0 Å². The summed E-state index contributed by atoms with van der Waals surface area (Å²) >= 11 is 0. The van der Waals surface area contributed by atoms with Gasteiger partial charge in [-0.05, 0) is 25.2 Å². The van der Waals surface area contributed by atoms with Gasteiger partial charge in [-0.3, -0.25) is 14.4 Å². The standard InChI is InChI=1S/C52H100O6/c1-5-7-9-11-13-15-17-18-19-20-21-22-23-24-26-28-32-36-40-44-51(54)57-47-49(58-52(55)45-41-37-33-29-30-34-38-42-48(3)4)46-56-50(53)43-39-35-31-27-25-16-14-12-10-8-6-2/h48-49H,5-47H2,1-4H3/t49-/m0/s1. The van der Waals surface area contributed by atoms with E-state index in [1.165, 1.54) is 186 Å². The molecule has 0 aliphatic rings. The van der Waals surface area contributed by atoms with Crippen molar-refractivity contribution in [3.8, 4) is 0 Å². The van der Waals surface area contributed by atoms with Crippen molar-refractivity contribution in [3.05, 3.63) is 0 Å². The number of rotatable bonds is 47. The lowest BCUT2D eigenvalue weighted by atomic mass is 10.0. The van der Waals surface area contributed by atoms with Crippen molar-refractivity contribution in [1.29, 1.82) is 0 Å². The third-order valence-corrected chi connectivity index (χ3v) is 11.8. The number of esters is 3. The van der Waals surface area contributed by atoms with Crippen LogP contribution in [0.5, 0.6) is 0 Å². The first-order valence-corrected chi connectivity index (χ1v) is 25.9. The molecule has 0 heterocycles. The predicted molar refractivity (Wildman–Crippen MR) is 247 cm³/mol. The summed E-state index contributed by atoms with van der Waals surface area (Å²) in [5.41, 5.74) is 0. The molecule has 0 rings (SSSR count). The minimum absolute atomic E-state index is 0.0637. The van der Waals surface area contributed by atoms with Gasteiger partial charge in [-0.15, -0.1) is 0 Å². The summed E-state index contributed by atoms with van der Waals surface area (Å²) in [6, 6.07) is 0. The number of unbranched alkanes of at least 4 members (excludes halogenated alkanes) is 34. The molecule has 1 atom stereocenters. The molecule has 6 nitrogen and oxygen atoms in total. The molecule has 58 heavy (non-hydrogen) atoms. The zero-order valence-corrected chi connectivity index (χ0v) is 39.5. The molecule has 0 saturated carbocycles. The third-order valence-electron chi connectivity index (χ3n) is 11.8. The number of hydrogen-bond donors (Lipinski definition) is 0. The van der Waals surface area contributed by atoms with Crippen molar-refractivity contribution >= 4 is 17.9 Å². The van der Waals surface area contributed by atoms with E-state index >= 15 is 0 Å². The van der Waals surface area contributed by atoms with Crippen molar-refractivity contribution < 1.29 is 28.6 Å². The van der Waals surface area contributed by atoms with E-state index < -0.39 is 6.10 Å². The van der Waals surface area contributed by atoms with Gasteiger partial charge in [0.25, 0.3) is 0 Å². The van der Waals surface area contributed by atoms with Crippen LogP contribution in [0.3, 0.4) is 0 Å². The van der Waals surface area contributed by atoms with Crippen LogP contribution in [0.4, 0.5) is 0 Å². The molecule has 0 radical (unpaired) electrons. The van der Waals surface area contributed by atoms with Gasteiger partial charge in [0.05, 0.1) is 0 Å². The Morgan fingerprint density at radius 1 is 0.328 bits per heavy atom. The van der Waals surface area contributed by atoms with Gasteiger partial charge in [0.1, 0.15) is 13.2 Å². The average molecular weight is 821 g/mol.